The van der Waals surface area contributed by atoms with Gasteiger partial charge in [0.15, 0.2) is 0 Å². The van der Waals surface area contributed by atoms with Crippen LogP contribution in [0.1, 0.15) is 38.2 Å². The molecular formula is C15H22ClNO. The first kappa shape index (κ1) is 13.7. The van der Waals surface area contributed by atoms with E-state index in [0.29, 0.717) is 11.8 Å². The molecule has 1 aliphatic heterocycles. The van der Waals surface area contributed by atoms with E-state index in [1.165, 1.54) is 18.4 Å². The van der Waals surface area contributed by atoms with E-state index >= 15 is 0 Å². The summed E-state index contributed by atoms with van der Waals surface area (Å²) in [5, 5.41) is 4.12. The van der Waals surface area contributed by atoms with Crippen LogP contribution >= 0.6 is 11.6 Å². The Morgan fingerprint density at radius 1 is 1.44 bits per heavy atom. The molecule has 1 atom stereocenters. The van der Waals surface area contributed by atoms with E-state index in [9.17, 15) is 0 Å². The van der Waals surface area contributed by atoms with Gasteiger partial charge in [0.2, 0.25) is 0 Å². The molecule has 1 heterocycles. The Hall–Kier alpha value is -0.730. The minimum atomic E-state index is 0.499. The number of piperidine rings is 1. The third-order valence-electron chi connectivity index (χ3n) is 3.50. The summed E-state index contributed by atoms with van der Waals surface area (Å²) in [6, 6.07) is 6.11. The lowest BCUT2D eigenvalue weighted by molar-refractivity contribution is 0.218. The number of hydrogen-bond donors (Lipinski definition) is 1. The van der Waals surface area contributed by atoms with Gasteiger partial charge in [-0.3, -0.25) is 0 Å². The largest absolute Gasteiger partial charge is 0.492 e. The van der Waals surface area contributed by atoms with Gasteiger partial charge >= 0.3 is 0 Å². The zero-order valence-corrected chi connectivity index (χ0v) is 12.0. The fourth-order valence-electron chi connectivity index (χ4n) is 2.27. The molecule has 2 rings (SSSR count). The van der Waals surface area contributed by atoms with Crippen LogP contribution in [-0.2, 0) is 0 Å². The van der Waals surface area contributed by atoms with E-state index in [0.717, 1.165) is 30.5 Å². The molecule has 1 aliphatic rings. The maximum absolute atomic E-state index is 6.25. The molecule has 3 heteroatoms. The van der Waals surface area contributed by atoms with Gasteiger partial charge in [-0.05, 0) is 43.0 Å². The fourth-order valence-corrected chi connectivity index (χ4v) is 2.51. The second-order valence-corrected chi connectivity index (χ2v) is 5.78. The highest BCUT2D eigenvalue weighted by Crippen LogP contribution is 2.29. The van der Waals surface area contributed by atoms with Crippen molar-refractivity contribution in [1.82, 2.24) is 5.32 Å². The zero-order chi connectivity index (χ0) is 13.0. The third-order valence-corrected chi connectivity index (χ3v) is 3.79. The summed E-state index contributed by atoms with van der Waals surface area (Å²) >= 11 is 6.25. The predicted molar refractivity (Wildman–Crippen MR) is 76.6 cm³/mol. The van der Waals surface area contributed by atoms with Crippen LogP contribution in [0.5, 0.6) is 5.75 Å². The third kappa shape index (κ3) is 3.63. The van der Waals surface area contributed by atoms with Crippen molar-refractivity contribution >= 4 is 11.6 Å². The van der Waals surface area contributed by atoms with E-state index in [-0.39, 0.29) is 0 Å². The minimum Gasteiger partial charge on any atom is -0.492 e. The average molecular weight is 268 g/mol. The molecule has 1 saturated heterocycles. The number of halogens is 1. The quantitative estimate of drug-likeness (QED) is 0.895. The molecule has 1 N–H and O–H groups in total. The second-order valence-electron chi connectivity index (χ2n) is 5.37. The van der Waals surface area contributed by atoms with Crippen molar-refractivity contribution in [3.63, 3.8) is 0 Å². The van der Waals surface area contributed by atoms with Gasteiger partial charge in [-0.2, -0.15) is 0 Å². The normalized spacial score (nSPS) is 20.1. The van der Waals surface area contributed by atoms with Gasteiger partial charge in [-0.25, -0.2) is 0 Å². The second kappa shape index (κ2) is 6.44. The van der Waals surface area contributed by atoms with Crippen LogP contribution in [0.3, 0.4) is 0 Å². The number of benzene rings is 1. The van der Waals surface area contributed by atoms with Crippen molar-refractivity contribution in [3.05, 3.63) is 28.8 Å². The van der Waals surface area contributed by atoms with Crippen LogP contribution < -0.4 is 10.1 Å². The number of nitrogens with one attached hydrogen (secondary N) is 1. The van der Waals surface area contributed by atoms with Crippen LogP contribution in [0.25, 0.3) is 0 Å². The molecule has 0 bridgehead atoms. The Morgan fingerprint density at radius 2 is 2.28 bits per heavy atom. The summed E-state index contributed by atoms with van der Waals surface area (Å²) in [4.78, 5) is 0. The highest BCUT2D eigenvalue weighted by atomic mass is 35.5. The van der Waals surface area contributed by atoms with Crippen molar-refractivity contribution in [2.45, 2.75) is 32.6 Å². The molecule has 1 aromatic carbocycles. The molecule has 100 valence electrons. The van der Waals surface area contributed by atoms with Crippen LogP contribution in [0, 0.1) is 5.92 Å². The lowest BCUT2D eigenvalue weighted by Gasteiger charge is -2.23. The van der Waals surface area contributed by atoms with Gasteiger partial charge in [0.05, 0.1) is 11.6 Å². The number of rotatable bonds is 4. The molecular weight excluding hydrogens is 246 g/mol. The summed E-state index contributed by atoms with van der Waals surface area (Å²) < 4.78 is 5.84. The molecule has 0 unspecified atom stereocenters. The highest BCUT2D eigenvalue weighted by molar-refractivity contribution is 6.32. The molecule has 0 aliphatic carbocycles. The average Bonchev–Trinajstić information content (AvgIpc) is 2.38. The summed E-state index contributed by atoms with van der Waals surface area (Å²) in [6.45, 7) is 7.29. The van der Waals surface area contributed by atoms with Gasteiger partial charge in [0.25, 0.3) is 0 Å². The molecule has 2 nitrogen and oxygen atoms in total. The van der Waals surface area contributed by atoms with Gasteiger partial charge in [0.1, 0.15) is 5.75 Å². The maximum Gasteiger partial charge on any atom is 0.137 e. The van der Waals surface area contributed by atoms with Gasteiger partial charge < -0.3 is 10.1 Å². The summed E-state index contributed by atoms with van der Waals surface area (Å²) in [6.07, 6.45) is 2.49. The highest BCUT2D eigenvalue weighted by Gasteiger charge is 2.14. The van der Waals surface area contributed by atoms with Crippen molar-refractivity contribution in [1.29, 1.82) is 0 Å². The van der Waals surface area contributed by atoms with E-state index < -0.39 is 0 Å². The summed E-state index contributed by atoms with van der Waals surface area (Å²) in [5.74, 6) is 1.92. The van der Waals surface area contributed by atoms with E-state index in [2.05, 4.69) is 25.2 Å². The van der Waals surface area contributed by atoms with Crippen LogP contribution in [0.4, 0.5) is 0 Å². The standard InChI is InChI=1S/C15H22ClNO/c1-11(2)13-5-6-15(14(16)8-13)18-10-12-4-3-7-17-9-12/h5-6,8,11-12,17H,3-4,7,9-10H2,1-2H3/t12-/m1/s1. The first-order valence-electron chi connectivity index (χ1n) is 6.80. The predicted octanol–water partition coefficient (Wildman–Crippen LogP) is 3.84. The van der Waals surface area contributed by atoms with Crippen LogP contribution in [0.15, 0.2) is 18.2 Å². The SMILES string of the molecule is CC(C)c1ccc(OC[C@@H]2CCCNC2)c(Cl)c1. The molecule has 1 fully saturated rings. The smallest absolute Gasteiger partial charge is 0.137 e. The first-order chi connectivity index (χ1) is 8.66. The maximum atomic E-state index is 6.25. The Morgan fingerprint density at radius 3 is 2.89 bits per heavy atom. The molecule has 0 saturated carbocycles. The van der Waals surface area contributed by atoms with E-state index in [1.807, 2.05) is 12.1 Å². The Labute approximate surface area is 115 Å². The monoisotopic (exact) mass is 267 g/mol. The van der Waals surface area contributed by atoms with Crippen molar-refractivity contribution < 1.29 is 4.74 Å². The lowest BCUT2D eigenvalue weighted by atomic mass is 10.0. The molecule has 0 amide bonds. The molecule has 0 radical (unpaired) electrons. The first-order valence-corrected chi connectivity index (χ1v) is 7.17. The minimum absolute atomic E-state index is 0.499. The fraction of sp³-hybridized carbons (Fsp3) is 0.600. The van der Waals surface area contributed by atoms with Crippen molar-refractivity contribution in [2.75, 3.05) is 19.7 Å². The zero-order valence-electron chi connectivity index (χ0n) is 11.2. The van der Waals surface area contributed by atoms with Crippen molar-refractivity contribution in [3.8, 4) is 5.75 Å². The van der Waals surface area contributed by atoms with Crippen molar-refractivity contribution in [2.24, 2.45) is 5.92 Å². The molecule has 18 heavy (non-hydrogen) atoms. The topological polar surface area (TPSA) is 21.3 Å². The number of hydrogen-bond acceptors (Lipinski definition) is 2. The Balaban J connectivity index is 1.92. The van der Waals surface area contributed by atoms with Gasteiger partial charge in [-0.15, -0.1) is 0 Å². The van der Waals surface area contributed by atoms with Gasteiger partial charge in [-0.1, -0.05) is 31.5 Å². The molecule has 1 aromatic rings. The summed E-state index contributed by atoms with van der Waals surface area (Å²) in [7, 11) is 0. The number of ether oxygens (including phenoxy) is 1. The summed E-state index contributed by atoms with van der Waals surface area (Å²) in [5.41, 5.74) is 1.26. The molecule has 0 aromatic heterocycles. The van der Waals surface area contributed by atoms with Gasteiger partial charge in [0, 0.05) is 12.5 Å². The molecule has 0 spiro atoms. The Bertz CT molecular complexity index is 386. The lowest BCUT2D eigenvalue weighted by Crippen LogP contribution is -2.33. The Kier molecular flexibility index (Phi) is 4.90. The van der Waals surface area contributed by atoms with Crippen LogP contribution in [-0.4, -0.2) is 19.7 Å². The van der Waals surface area contributed by atoms with Crippen LogP contribution in [0.2, 0.25) is 5.02 Å². The van der Waals surface area contributed by atoms with E-state index in [1.54, 1.807) is 0 Å². The van der Waals surface area contributed by atoms with E-state index in [4.69, 9.17) is 16.3 Å².